The Labute approximate surface area is 50.9 Å². The van der Waals surface area contributed by atoms with Crippen LogP contribution in [0, 0.1) is 0 Å². The number of imidazole rings is 1. The number of aromatic nitrogens is 2. The molecule has 0 fully saturated rings. The number of nitrogen functional groups attached to an aromatic ring is 1. The van der Waals surface area contributed by atoms with Gasteiger partial charge in [0.05, 0.1) is 12.4 Å². The third-order valence-electron chi connectivity index (χ3n) is 1.17. The molecule has 0 aliphatic carbocycles. The van der Waals surface area contributed by atoms with Crippen LogP contribution in [0.2, 0.25) is 0 Å². The summed E-state index contributed by atoms with van der Waals surface area (Å²) in [6, 6.07) is 0. The van der Waals surface area contributed by atoms with Gasteiger partial charge in [-0.25, -0.2) is 4.98 Å². The lowest BCUT2D eigenvalue weighted by Gasteiger charge is -1.80. The van der Waals surface area contributed by atoms with E-state index in [1.54, 1.807) is 23.1 Å². The minimum atomic E-state index is 0.535. The highest BCUT2D eigenvalue weighted by Gasteiger charge is 1.98. The molecule has 0 aliphatic heterocycles. The van der Waals surface area contributed by atoms with Gasteiger partial charge < -0.3 is 10.2 Å². The van der Waals surface area contributed by atoms with E-state index in [1.165, 1.54) is 0 Å². The molecule has 46 valence electrons. The first-order chi connectivity index (χ1) is 4.38. The van der Waals surface area contributed by atoms with Crippen molar-refractivity contribution in [3.63, 3.8) is 0 Å². The summed E-state index contributed by atoms with van der Waals surface area (Å²) in [7, 11) is 0. The zero-order chi connectivity index (χ0) is 6.27. The first kappa shape index (κ1) is 4.43. The van der Waals surface area contributed by atoms with E-state index in [1.807, 2.05) is 0 Å². The summed E-state index contributed by atoms with van der Waals surface area (Å²) in [4.78, 5) is 3.85. The molecule has 2 rings (SSSR count). The van der Waals surface area contributed by atoms with Crippen LogP contribution in [0.1, 0.15) is 0 Å². The molecule has 2 N–H and O–H groups in total. The van der Waals surface area contributed by atoms with Gasteiger partial charge in [-0.2, -0.15) is 0 Å². The average Bonchev–Trinajstić information content (AvgIpc) is 2.35. The molecule has 0 aliphatic rings. The van der Waals surface area contributed by atoms with Crippen molar-refractivity contribution in [1.29, 1.82) is 0 Å². The van der Waals surface area contributed by atoms with Crippen molar-refractivity contribution in [2.45, 2.75) is 0 Å². The highest BCUT2D eigenvalue weighted by atomic mass is 16.3. The van der Waals surface area contributed by atoms with Crippen molar-refractivity contribution in [1.82, 2.24) is 9.38 Å². The third kappa shape index (κ3) is 0.440. The Morgan fingerprint density at radius 1 is 1.67 bits per heavy atom. The predicted molar refractivity (Wildman–Crippen MR) is 31.9 cm³/mol. The lowest BCUT2D eigenvalue weighted by Crippen LogP contribution is -1.87. The number of hydrogen-bond acceptors (Lipinski definition) is 3. The summed E-state index contributed by atoms with van der Waals surface area (Å²) in [5.74, 6) is 1.13. The molecule has 0 radical (unpaired) electrons. The molecule has 0 atom stereocenters. The summed E-state index contributed by atoms with van der Waals surface area (Å²) in [5.41, 5.74) is 5.46. The molecular formula is C5H5N3O. The number of nitrogens with zero attached hydrogens (tertiary/aromatic N) is 2. The first-order valence-corrected chi connectivity index (χ1v) is 2.54. The van der Waals surface area contributed by atoms with E-state index in [2.05, 4.69) is 4.98 Å². The van der Waals surface area contributed by atoms with Crippen LogP contribution in [-0.4, -0.2) is 9.38 Å². The molecule has 0 saturated carbocycles. The van der Waals surface area contributed by atoms with Crippen LogP contribution >= 0.6 is 0 Å². The third-order valence-corrected chi connectivity index (χ3v) is 1.17. The minimum Gasteiger partial charge on any atom is -0.432 e. The van der Waals surface area contributed by atoms with Gasteiger partial charge >= 0.3 is 5.84 Å². The number of anilines is 1. The van der Waals surface area contributed by atoms with Crippen molar-refractivity contribution in [2.75, 3.05) is 5.73 Å². The Hall–Kier alpha value is -1.45. The van der Waals surface area contributed by atoms with E-state index >= 15 is 0 Å². The molecule has 0 amide bonds. The second kappa shape index (κ2) is 1.28. The smallest absolute Gasteiger partial charge is 0.307 e. The molecule has 0 spiro atoms. The summed E-state index contributed by atoms with van der Waals surface area (Å²) >= 11 is 0. The Balaban J connectivity index is 2.99. The minimum absolute atomic E-state index is 0.535. The van der Waals surface area contributed by atoms with E-state index in [0.29, 0.717) is 11.7 Å². The van der Waals surface area contributed by atoms with Gasteiger partial charge in [0.15, 0.2) is 0 Å². The molecule has 0 bridgehead atoms. The normalized spacial score (nSPS) is 10.7. The molecule has 2 heterocycles. The molecule has 2 aromatic rings. The Morgan fingerprint density at radius 2 is 2.56 bits per heavy atom. The molecule has 9 heavy (non-hydrogen) atoms. The van der Waals surface area contributed by atoms with E-state index in [-0.39, 0.29) is 0 Å². The molecule has 0 unspecified atom stereocenters. The number of nitrogens with two attached hydrogens (primary N) is 1. The van der Waals surface area contributed by atoms with Crippen molar-refractivity contribution in [3.8, 4) is 0 Å². The Bertz CT molecular complexity index is 321. The lowest BCUT2D eigenvalue weighted by atomic mass is 10.8. The van der Waals surface area contributed by atoms with Crippen LogP contribution < -0.4 is 5.73 Å². The van der Waals surface area contributed by atoms with Gasteiger partial charge in [-0.15, -0.1) is 0 Å². The zero-order valence-electron chi connectivity index (χ0n) is 4.61. The number of hydrogen-bond donors (Lipinski definition) is 1. The van der Waals surface area contributed by atoms with Crippen LogP contribution in [-0.2, 0) is 0 Å². The van der Waals surface area contributed by atoms with Crippen LogP contribution in [0.5, 0.6) is 0 Å². The second-order valence-electron chi connectivity index (χ2n) is 1.74. The molecule has 4 heteroatoms. The van der Waals surface area contributed by atoms with Gasteiger partial charge in [-0.3, -0.25) is 4.40 Å². The van der Waals surface area contributed by atoms with Crippen LogP contribution in [0.3, 0.4) is 0 Å². The predicted octanol–water partition coefficient (Wildman–Crippen LogP) is 0.510. The van der Waals surface area contributed by atoms with Crippen molar-refractivity contribution >= 4 is 11.7 Å². The first-order valence-electron chi connectivity index (χ1n) is 2.54. The Kier molecular flexibility index (Phi) is 0.631. The average molecular weight is 123 g/mol. The maximum absolute atomic E-state index is 5.46. The second-order valence-corrected chi connectivity index (χ2v) is 1.74. The van der Waals surface area contributed by atoms with Crippen molar-refractivity contribution < 1.29 is 4.42 Å². The van der Waals surface area contributed by atoms with Gasteiger partial charge in [0.2, 0.25) is 0 Å². The van der Waals surface area contributed by atoms with Gasteiger partial charge in [0.25, 0.3) is 0 Å². The van der Waals surface area contributed by atoms with Gasteiger partial charge in [-0.1, -0.05) is 0 Å². The van der Waals surface area contributed by atoms with Crippen molar-refractivity contribution in [3.05, 3.63) is 18.7 Å². The summed E-state index contributed by atoms with van der Waals surface area (Å²) in [6.45, 7) is 0. The van der Waals surface area contributed by atoms with E-state index in [0.717, 1.165) is 0 Å². The fourth-order valence-electron chi connectivity index (χ4n) is 0.745. The standard InChI is InChI=1S/C5H5N3O/c6-4-3-7-5-8(4)1-2-9-5/h1-3H,6H2. The molecular weight excluding hydrogens is 118 g/mol. The van der Waals surface area contributed by atoms with E-state index < -0.39 is 0 Å². The fraction of sp³-hybridized carbons (Fsp3) is 0. The van der Waals surface area contributed by atoms with Gasteiger partial charge in [-0.05, 0) is 0 Å². The summed E-state index contributed by atoms with van der Waals surface area (Å²) in [6.07, 6.45) is 4.81. The number of rotatable bonds is 0. The largest absolute Gasteiger partial charge is 0.432 e. The van der Waals surface area contributed by atoms with Crippen LogP contribution in [0.4, 0.5) is 5.82 Å². The quantitative estimate of drug-likeness (QED) is 0.555. The highest BCUT2D eigenvalue weighted by Crippen LogP contribution is 2.06. The van der Waals surface area contributed by atoms with E-state index in [9.17, 15) is 0 Å². The summed E-state index contributed by atoms with van der Waals surface area (Å²) in [5, 5.41) is 0. The fourth-order valence-corrected chi connectivity index (χ4v) is 0.745. The lowest BCUT2D eigenvalue weighted by molar-refractivity contribution is 0.596. The maximum atomic E-state index is 5.46. The highest BCUT2D eigenvalue weighted by molar-refractivity contribution is 5.39. The summed E-state index contributed by atoms with van der Waals surface area (Å²) < 4.78 is 6.58. The zero-order valence-corrected chi connectivity index (χ0v) is 4.61. The van der Waals surface area contributed by atoms with Gasteiger partial charge in [0, 0.05) is 0 Å². The SMILES string of the molecule is Nc1cnc2occn12. The van der Waals surface area contributed by atoms with Gasteiger partial charge in [0.1, 0.15) is 12.1 Å². The number of fused-ring (bicyclic) bond motifs is 1. The molecule has 2 aromatic heterocycles. The topological polar surface area (TPSA) is 56.5 Å². The Morgan fingerprint density at radius 3 is 3.33 bits per heavy atom. The number of oxazole rings is 1. The molecule has 4 nitrogen and oxygen atoms in total. The van der Waals surface area contributed by atoms with Crippen LogP contribution in [0.25, 0.3) is 5.84 Å². The van der Waals surface area contributed by atoms with E-state index in [4.69, 9.17) is 10.2 Å². The molecule has 0 aromatic carbocycles. The monoisotopic (exact) mass is 123 g/mol. The van der Waals surface area contributed by atoms with Crippen LogP contribution in [0.15, 0.2) is 23.1 Å². The maximum Gasteiger partial charge on any atom is 0.307 e. The van der Waals surface area contributed by atoms with Crippen molar-refractivity contribution in [2.24, 2.45) is 0 Å². The molecule has 0 saturated heterocycles.